The Hall–Kier alpha value is -2.47. The number of ketones is 1. The van der Waals surface area contributed by atoms with Gasteiger partial charge in [0.25, 0.3) is 5.69 Å². The zero-order valence-electron chi connectivity index (χ0n) is 10.5. The maximum Gasteiger partial charge on any atom is 0.279 e. The number of carbonyl (C=O) groups is 1. The van der Waals surface area contributed by atoms with E-state index in [4.69, 9.17) is 0 Å². The van der Waals surface area contributed by atoms with Crippen molar-refractivity contribution in [2.75, 3.05) is 0 Å². The van der Waals surface area contributed by atoms with Crippen LogP contribution in [0, 0.1) is 17.0 Å². The molecule has 3 aromatic rings. The molecule has 20 heavy (non-hydrogen) atoms. The molecule has 0 unspecified atom stereocenters. The number of nitro groups is 1. The molecule has 0 atom stereocenters. The first-order valence-electron chi connectivity index (χ1n) is 5.93. The summed E-state index contributed by atoms with van der Waals surface area (Å²) >= 11 is 1.35. The van der Waals surface area contributed by atoms with Crippen LogP contribution in [0.1, 0.15) is 20.8 Å². The monoisotopic (exact) mass is 286 g/mol. The van der Waals surface area contributed by atoms with E-state index >= 15 is 0 Å². The minimum Gasteiger partial charge on any atom is -0.360 e. The number of fused-ring (bicyclic) bond motifs is 1. The van der Waals surface area contributed by atoms with Crippen molar-refractivity contribution in [1.82, 2.24) is 4.98 Å². The van der Waals surface area contributed by atoms with Gasteiger partial charge in [-0.1, -0.05) is 6.07 Å². The number of aromatic amines is 1. The van der Waals surface area contributed by atoms with Crippen LogP contribution in [0.3, 0.4) is 0 Å². The summed E-state index contributed by atoms with van der Waals surface area (Å²) in [5.74, 6) is -0.182. The number of benzene rings is 1. The molecule has 0 aliphatic carbocycles. The number of nitrogens with one attached hydrogen (secondary N) is 1. The normalized spacial score (nSPS) is 10.8. The number of aryl methyl sites for hydroxylation is 1. The Morgan fingerprint density at radius 2 is 2.15 bits per heavy atom. The highest BCUT2D eigenvalue weighted by atomic mass is 32.1. The Labute approximate surface area is 118 Å². The molecule has 100 valence electrons. The van der Waals surface area contributed by atoms with Crippen molar-refractivity contribution in [2.45, 2.75) is 6.92 Å². The highest BCUT2D eigenvalue weighted by Crippen LogP contribution is 2.31. The second kappa shape index (κ2) is 4.57. The molecular formula is C14H10N2O3S. The zero-order valence-corrected chi connectivity index (χ0v) is 11.4. The van der Waals surface area contributed by atoms with Gasteiger partial charge in [0.15, 0.2) is 0 Å². The molecule has 1 aromatic carbocycles. The van der Waals surface area contributed by atoms with Crippen molar-refractivity contribution >= 4 is 33.7 Å². The molecule has 0 saturated carbocycles. The topological polar surface area (TPSA) is 76.0 Å². The summed E-state index contributed by atoms with van der Waals surface area (Å²) in [7, 11) is 0. The molecule has 6 heteroatoms. The van der Waals surface area contributed by atoms with Gasteiger partial charge in [-0.05, 0) is 30.0 Å². The van der Waals surface area contributed by atoms with Gasteiger partial charge < -0.3 is 4.98 Å². The second-order valence-electron chi connectivity index (χ2n) is 4.42. The standard InChI is InChI=1S/C14H10N2O3S/c1-8-5-6-20-14(8)13(17)9-7-15-10-3-2-4-11(12(9)10)16(18)19/h2-7,15H,1H3. The average Bonchev–Trinajstić information content (AvgIpc) is 3.03. The lowest BCUT2D eigenvalue weighted by Gasteiger charge is -1.99. The molecule has 5 nitrogen and oxygen atoms in total. The van der Waals surface area contributed by atoms with Gasteiger partial charge in [-0.2, -0.15) is 0 Å². The minimum absolute atomic E-state index is 0.0543. The zero-order chi connectivity index (χ0) is 14.3. The molecule has 1 N–H and O–H groups in total. The first-order valence-corrected chi connectivity index (χ1v) is 6.81. The van der Waals surface area contributed by atoms with Crippen LogP contribution in [0.2, 0.25) is 0 Å². The van der Waals surface area contributed by atoms with Crippen LogP contribution in [0.5, 0.6) is 0 Å². The molecule has 0 amide bonds. The Morgan fingerprint density at radius 1 is 1.35 bits per heavy atom. The quantitative estimate of drug-likeness (QED) is 0.453. The lowest BCUT2D eigenvalue weighted by atomic mass is 10.1. The van der Waals surface area contributed by atoms with E-state index in [1.165, 1.54) is 17.4 Å². The number of thiophene rings is 1. The Morgan fingerprint density at radius 3 is 2.80 bits per heavy atom. The van der Waals surface area contributed by atoms with Crippen LogP contribution < -0.4 is 0 Å². The summed E-state index contributed by atoms with van der Waals surface area (Å²) in [6.07, 6.45) is 1.54. The van der Waals surface area contributed by atoms with Gasteiger partial charge in [-0.15, -0.1) is 11.3 Å². The maximum atomic E-state index is 12.5. The van der Waals surface area contributed by atoms with Crippen molar-refractivity contribution in [3.63, 3.8) is 0 Å². The van der Waals surface area contributed by atoms with Crippen molar-refractivity contribution in [3.05, 3.63) is 62.0 Å². The number of aromatic nitrogens is 1. The van der Waals surface area contributed by atoms with Crippen LogP contribution in [0.25, 0.3) is 10.9 Å². The van der Waals surface area contributed by atoms with E-state index in [2.05, 4.69) is 4.98 Å². The fourth-order valence-electron chi connectivity index (χ4n) is 2.22. The maximum absolute atomic E-state index is 12.5. The van der Waals surface area contributed by atoms with Crippen LogP contribution in [-0.4, -0.2) is 15.7 Å². The highest BCUT2D eigenvalue weighted by molar-refractivity contribution is 7.12. The van der Waals surface area contributed by atoms with E-state index in [-0.39, 0.29) is 11.5 Å². The molecule has 0 bridgehead atoms. The molecular weight excluding hydrogens is 276 g/mol. The van der Waals surface area contributed by atoms with Crippen molar-refractivity contribution in [1.29, 1.82) is 0 Å². The fraction of sp³-hybridized carbons (Fsp3) is 0.0714. The van der Waals surface area contributed by atoms with Crippen molar-refractivity contribution in [2.24, 2.45) is 0 Å². The number of rotatable bonds is 3. The van der Waals surface area contributed by atoms with E-state index in [1.54, 1.807) is 18.3 Å². The Bertz CT molecular complexity index is 832. The summed E-state index contributed by atoms with van der Waals surface area (Å²) in [4.78, 5) is 26.7. The van der Waals surface area contributed by atoms with Gasteiger partial charge in [0.05, 0.1) is 26.3 Å². The molecule has 0 saturated heterocycles. The van der Waals surface area contributed by atoms with Gasteiger partial charge in [0, 0.05) is 12.3 Å². The number of nitro benzene ring substituents is 1. The number of nitrogens with zero attached hydrogens (tertiary/aromatic N) is 1. The third-order valence-corrected chi connectivity index (χ3v) is 4.21. The fourth-order valence-corrected chi connectivity index (χ4v) is 3.10. The van der Waals surface area contributed by atoms with Crippen LogP contribution in [-0.2, 0) is 0 Å². The van der Waals surface area contributed by atoms with Gasteiger partial charge >= 0.3 is 0 Å². The van der Waals surface area contributed by atoms with Crippen LogP contribution >= 0.6 is 11.3 Å². The summed E-state index contributed by atoms with van der Waals surface area (Å²) < 4.78 is 0. The average molecular weight is 286 g/mol. The molecule has 2 aromatic heterocycles. The van der Waals surface area contributed by atoms with E-state index in [0.717, 1.165) is 5.56 Å². The smallest absolute Gasteiger partial charge is 0.279 e. The Balaban J connectivity index is 2.25. The summed E-state index contributed by atoms with van der Waals surface area (Å²) in [6, 6.07) is 6.59. The van der Waals surface area contributed by atoms with Crippen molar-refractivity contribution in [3.8, 4) is 0 Å². The summed E-state index contributed by atoms with van der Waals surface area (Å²) in [5, 5.41) is 13.3. The Kier molecular flexibility index (Phi) is 2.87. The first-order chi connectivity index (χ1) is 9.59. The van der Waals surface area contributed by atoms with Crippen molar-refractivity contribution < 1.29 is 9.72 Å². The molecule has 0 fully saturated rings. The summed E-state index contributed by atoms with van der Waals surface area (Å²) in [6.45, 7) is 1.85. The van der Waals surface area contributed by atoms with Crippen LogP contribution in [0.15, 0.2) is 35.8 Å². The molecule has 0 aliphatic rings. The number of carbonyl (C=O) groups excluding carboxylic acids is 1. The lowest BCUT2D eigenvalue weighted by molar-refractivity contribution is -0.383. The van der Waals surface area contributed by atoms with Gasteiger partial charge in [-0.25, -0.2) is 0 Å². The third kappa shape index (κ3) is 1.81. The highest BCUT2D eigenvalue weighted by Gasteiger charge is 2.23. The number of H-pyrrole nitrogens is 1. The lowest BCUT2D eigenvalue weighted by Crippen LogP contribution is -2.00. The van der Waals surface area contributed by atoms with Gasteiger partial charge in [0.2, 0.25) is 5.78 Å². The largest absolute Gasteiger partial charge is 0.360 e. The van der Waals surface area contributed by atoms with Gasteiger partial charge in [-0.3, -0.25) is 14.9 Å². The molecule has 0 spiro atoms. The third-order valence-electron chi connectivity index (χ3n) is 3.19. The molecule has 3 rings (SSSR count). The SMILES string of the molecule is Cc1ccsc1C(=O)c1c[nH]c2cccc([N+](=O)[O-])c12. The minimum atomic E-state index is -0.464. The van der Waals surface area contributed by atoms with E-state index < -0.39 is 4.92 Å². The second-order valence-corrected chi connectivity index (χ2v) is 5.34. The predicted octanol–water partition coefficient (Wildman–Crippen LogP) is 3.68. The van der Waals surface area contributed by atoms with E-state index in [1.807, 2.05) is 18.4 Å². The number of hydrogen-bond donors (Lipinski definition) is 1. The predicted molar refractivity (Wildman–Crippen MR) is 77.4 cm³/mol. The molecule has 0 aliphatic heterocycles. The number of non-ortho nitro benzene ring substituents is 1. The molecule has 0 radical (unpaired) electrons. The van der Waals surface area contributed by atoms with E-state index in [9.17, 15) is 14.9 Å². The first kappa shape index (κ1) is 12.6. The van der Waals surface area contributed by atoms with E-state index in [0.29, 0.717) is 21.3 Å². The summed E-state index contributed by atoms with van der Waals surface area (Å²) in [5.41, 5.74) is 1.77. The van der Waals surface area contributed by atoms with Crippen LogP contribution in [0.4, 0.5) is 5.69 Å². The number of hydrogen-bond acceptors (Lipinski definition) is 4. The molecule has 2 heterocycles. The van der Waals surface area contributed by atoms with Gasteiger partial charge in [0.1, 0.15) is 0 Å².